The zero-order valence-corrected chi connectivity index (χ0v) is 30.7. The Balaban J connectivity index is 3.78. The maximum absolute atomic E-state index is 12.1. The molecule has 1 N–H and O–H groups in total. The van der Waals surface area contributed by atoms with Gasteiger partial charge in [-0.15, -0.1) is 0 Å². The molecule has 0 saturated carbocycles. The summed E-state index contributed by atoms with van der Waals surface area (Å²) in [5, 5.41) is 9.53. The van der Waals surface area contributed by atoms with Gasteiger partial charge in [0.2, 0.25) is 0 Å². The summed E-state index contributed by atoms with van der Waals surface area (Å²) in [5.41, 5.74) is 0. The summed E-state index contributed by atoms with van der Waals surface area (Å²) in [6.07, 6.45) is 52.2. The van der Waals surface area contributed by atoms with E-state index in [1.165, 1.54) is 70.6 Å². The van der Waals surface area contributed by atoms with Crippen molar-refractivity contribution < 1.29 is 24.2 Å². The van der Waals surface area contributed by atoms with E-state index in [2.05, 4.69) is 98.9 Å². The second-order valence-electron chi connectivity index (χ2n) is 12.3. The van der Waals surface area contributed by atoms with E-state index in [0.717, 1.165) is 44.9 Å². The average Bonchev–Trinajstić information content (AvgIpc) is 3.09. The van der Waals surface area contributed by atoms with E-state index in [9.17, 15) is 14.7 Å². The molecular weight excluding hydrogens is 596 g/mol. The zero-order chi connectivity index (χ0) is 35.0. The van der Waals surface area contributed by atoms with Crippen molar-refractivity contribution in [1.82, 2.24) is 0 Å². The molecule has 0 aromatic rings. The maximum Gasteiger partial charge on any atom is 0.306 e. The van der Waals surface area contributed by atoms with Gasteiger partial charge in [0.05, 0.1) is 6.61 Å². The van der Waals surface area contributed by atoms with E-state index in [-0.39, 0.29) is 31.6 Å². The highest BCUT2D eigenvalue weighted by atomic mass is 16.6. The van der Waals surface area contributed by atoms with Crippen LogP contribution < -0.4 is 0 Å². The highest BCUT2D eigenvalue weighted by Gasteiger charge is 2.15. The van der Waals surface area contributed by atoms with E-state index < -0.39 is 6.10 Å². The lowest BCUT2D eigenvalue weighted by Gasteiger charge is -2.15. The number of aliphatic hydroxyl groups excluding tert-OH is 1. The third-order valence-electron chi connectivity index (χ3n) is 7.66. The molecule has 5 nitrogen and oxygen atoms in total. The monoisotopic (exact) mass is 667 g/mol. The van der Waals surface area contributed by atoms with Crippen molar-refractivity contribution in [3.8, 4) is 0 Å². The fourth-order valence-corrected chi connectivity index (χ4v) is 4.74. The van der Waals surface area contributed by atoms with E-state index in [0.29, 0.717) is 19.3 Å². The van der Waals surface area contributed by atoms with Crippen LogP contribution in [0.25, 0.3) is 0 Å². The molecule has 0 aliphatic carbocycles. The molecule has 0 aromatic carbocycles. The number of aliphatic hydroxyl groups is 1. The number of esters is 2. The number of rotatable bonds is 33. The molecule has 0 spiro atoms. The minimum absolute atomic E-state index is 0.119. The summed E-state index contributed by atoms with van der Waals surface area (Å²) >= 11 is 0. The van der Waals surface area contributed by atoms with Gasteiger partial charge >= 0.3 is 11.9 Å². The first-order valence-electron chi connectivity index (χ1n) is 19.1. The van der Waals surface area contributed by atoms with E-state index >= 15 is 0 Å². The van der Waals surface area contributed by atoms with Crippen molar-refractivity contribution in [3.05, 3.63) is 85.1 Å². The molecule has 0 aliphatic heterocycles. The molecule has 0 rings (SSSR count). The summed E-state index contributed by atoms with van der Waals surface area (Å²) in [5.74, 6) is -0.726. The number of hydrogen-bond acceptors (Lipinski definition) is 5. The van der Waals surface area contributed by atoms with Crippen LogP contribution in [0.4, 0.5) is 0 Å². The third kappa shape index (κ3) is 35.9. The zero-order valence-electron chi connectivity index (χ0n) is 30.7. The van der Waals surface area contributed by atoms with Crippen LogP contribution >= 0.6 is 0 Å². The summed E-state index contributed by atoms with van der Waals surface area (Å²) in [6.45, 7) is 3.99. The van der Waals surface area contributed by atoms with Gasteiger partial charge in [-0.1, -0.05) is 144 Å². The largest absolute Gasteiger partial charge is 0.462 e. The molecule has 0 unspecified atom stereocenters. The minimum atomic E-state index is -0.824. The van der Waals surface area contributed by atoms with E-state index in [1.807, 2.05) is 0 Å². The van der Waals surface area contributed by atoms with Gasteiger partial charge in [0.25, 0.3) is 0 Å². The highest BCUT2D eigenvalue weighted by Crippen LogP contribution is 2.08. The fourth-order valence-electron chi connectivity index (χ4n) is 4.74. The SMILES string of the molecule is CCCCC/C=C\C/C=C\C/C=C\C/C=C\CCCC(=O)OC[C@H](CO)OC(=O)CCC/C=C\C/C=C\C/C=C\CCCCCCCC. The molecule has 5 heteroatoms. The van der Waals surface area contributed by atoms with Crippen LogP contribution in [0.3, 0.4) is 0 Å². The first-order valence-corrected chi connectivity index (χ1v) is 19.1. The van der Waals surface area contributed by atoms with Crippen LogP contribution in [0.15, 0.2) is 85.1 Å². The van der Waals surface area contributed by atoms with Gasteiger partial charge < -0.3 is 14.6 Å². The summed E-state index contributed by atoms with van der Waals surface area (Å²) in [6, 6.07) is 0. The van der Waals surface area contributed by atoms with Crippen LogP contribution in [0.1, 0.15) is 155 Å². The minimum Gasteiger partial charge on any atom is -0.462 e. The molecule has 0 heterocycles. The number of ether oxygens (including phenoxy) is 2. The van der Waals surface area contributed by atoms with Gasteiger partial charge in [-0.05, 0) is 83.5 Å². The first kappa shape index (κ1) is 45.1. The lowest BCUT2D eigenvalue weighted by atomic mass is 10.1. The molecule has 272 valence electrons. The molecule has 0 fully saturated rings. The Hall–Kier alpha value is -2.92. The molecule has 0 aromatic heterocycles. The fraction of sp³-hybridized carbons (Fsp3) is 0.628. The first-order chi connectivity index (χ1) is 23.6. The van der Waals surface area contributed by atoms with Crippen LogP contribution in [0, 0.1) is 0 Å². The smallest absolute Gasteiger partial charge is 0.306 e. The Bertz CT molecular complexity index is 937. The summed E-state index contributed by atoms with van der Waals surface area (Å²) < 4.78 is 10.5. The van der Waals surface area contributed by atoms with E-state index in [4.69, 9.17) is 9.47 Å². The maximum atomic E-state index is 12.1. The lowest BCUT2D eigenvalue weighted by Crippen LogP contribution is -2.28. The van der Waals surface area contributed by atoms with Gasteiger partial charge in [0, 0.05) is 12.8 Å². The topological polar surface area (TPSA) is 72.8 Å². The van der Waals surface area contributed by atoms with Gasteiger partial charge in [0.15, 0.2) is 6.10 Å². The van der Waals surface area contributed by atoms with Gasteiger partial charge in [-0.3, -0.25) is 9.59 Å². The van der Waals surface area contributed by atoms with Crippen LogP contribution in [0.5, 0.6) is 0 Å². The van der Waals surface area contributed by atoms with Crippen molar-refractivity contribution in [2.24, 2.45) is 0 Å². The van der Waals surface area contributed by atoms with E-state index in [1.54, 1.807) is 0 Å². The Morgan fingerprint density at radius 1 is 0.479 bits per heavy atom. The third-order valence-corrected chi connectivity index (χ3v) is 7.66. The van der Waals surface area contributed by atoms with Gasteiger partial charge in [0.1, 0.15) is 6.61 Å². The van der Waals surface area contributed by atoms with Crippen molar-refractivity contribution in [2.75, 3.05) is 13.2 Å². The Labute approximate surface area is 295 Å². The average molecular weight is 667 g/mol. The number of carbonyl (C=O) groups is 2. The van der Waals surface area contributed by atoms with Crippen LogP contribution in [-0.4, -0.2) is 36.4 Å². The number of hydrogen-bond donors (Lipinski definition) is 1. The number of allylic oxidation sites excluding steroid dienone is 14. The molecule has 0 amide bonds. The van der Waals surface area contributed by atoms with Crippen molar-refractivity contribution >= 4 is 11.9 Å². The molecule has 0 aliphatic rings. The molecular formula is C43H70O5. The second-order valence-corrected chi connectivity index (χ2v) is 12.3. The van der Waals surface area contributed by atoms with Gasteiger partial charge in [-0.25, -0.2) is 0 Å². The second kappa shape index (κ2) is 38.5. The molecule has 1 atom stereocenters. The lowest BCUT2D eigenvalue weighted by molar-refractivity contribution is -0.161. The normalized spacial score (nSPS) is 13.1. The molecule has 0 saturated heterocycles. The quantitative estimate of drug-likeness (QED) is 0.0429. The summed E-state index contributed by atoms with van der Waals surface area (Å²) in [4.78, 5) is 24.2. The van der Waals surface area contributed by atoms with Crippen molar-refractivity contribution in [3.63, 3.8) is 0 Å². The molecule has 48 heavy (non-hydrogen) atoms. The number of carbonyl (C=O) groups excluding carboxylic acids is 2. The van der Waals surface area contributed by atoms with Crippen molar-refractivity contribution in [1.29, 1.82) is 0 Å². The molecule has 0 radical (unpaired) electrons. The summed E-state index contributed by atoms with van der Waals surface area (Å²) in [7, 11) is 0. The molecule has 0 bridgehead atoms. The predicted octanol–water partition coefficient (Wildman–Crippen LogP) is 11.9. The van der Waals surface area contributed by atoms with Crippen LogP contribution in [-0.2, 0) is 19.1 Å². The van der Waals surface area contributed by atoms with Crippen molar-refractivity contribution in [2.45, 2.75) is 161 Å². The Kier molecular flexibility index (Phi) is 36.2. The Morgan fingerprint density at radius 3 is 1.29 bits per heavy atom. The van der Waals surface area contributed by atoms with Crippen LogP contribution in [0.2, 0.25) is 0 Å². The Morgan fingerprint density at radius 2 is 0.833 bits per heavy atom. The van der Waals surface area contributed by atoms with Gasteiger partial charge in [-0.2, -0.15) is 0 Å². The highest BCUT2D eigenvalue weighted by molar-refractivity contribution is 5.70. The predicted molar refractivity (Wildman–Crippen MR) is 205 cm³/mol. The standard InChI is InChI=1S/C43H70O5/c1-3-5-7-9-11-13-15-17-19-21-23-25-27-29-31-33-35-37-42(45)47-40-41(39-44)48-43(46)38-36-34-32-30-28-26-24-22-20-18-16-14-12-10-8-6-4-2/h11,13,17-20,23-26,29-32,41,44H,3-10,12,14-16,21-22,27-28,33-40H2,1-2H3/b13-11-,19-17-,20-18-,25-23-,26-24-,31-29-,32-30-/t41-/m0/s1. The number of unbranched alkanes of at least 4 members (excludes halogenated alkanes) is 11.